The lowest BCUT2D eigenvalue weighted by molar-refractivity contribution is 0.101. The lowest BCUT2D eigenvalue weighted by Crippen LogP contribution is -2.33. The molecule has 16 heavy (non-hydrogen) atoms. The van der Waals surface area contributed by atoms with Crippen molar-refractivity contribution in [2.24, 2.45) is 5.92 Å². The van der Waals surface area contributed by atoms with Crippen molar-refractivity contribution in [2.45, 2.75) is 32.7 Å². The Hall–Kier alpha value is -1.51. The Morgan fingerprint density at radius 2 is 2.12 bits per heavy atom. The van der Waals surface area contributed by atoms with Gasteiger partial charge in [0.15, 0.2) is 5.78 Å². The number of nitrogen functional groups attached to an aromatic ring is 1. The third-order valence-corrected chi connectivity index (χ3v) is 3.18. The predicted octanol–water partition coefficient (Wildman–Crippen LogP) is 2.68. The van der Waals surface area contributed by atoms with Crippen molar-refractivity contribution >= 4 is 17.2 Å². The number of benzene rings is 1. The molecule has 0 heterocycles. The minimum atomic E-state index is 0.0168. The van der Waals surface area contributed by atoms with Crippen molar-refractivity contribution in [2.75, 3.05) is 11.1 Å². The van der Waals surface area contributed by atoms with Crippen LogP contribution in [0.4, 0.5) is 11.4 Å². The predicted molar refractivity (Wildman–Crippen MR) is 66.7 cm³/mol. The first-order valence-corrected chi connectivity index (χ1v) is 5.73. The zero-order valence-electron chi connectivity index (χ0n) is 9.79. The number of ketones is 1. The third kappa shape index (κ3) is 2.18. The van der Waals surface area contributed by atoms with Crippen LogP contribution in [0.3, 0.4) is 0 Å². The van der Waals surface area contributed by atoms with E-state index in [0.717, 1.165) is 11.6 Å². The van der Waals surface area contributed by atoms with Crippen LogP contribution in [0.2, 0.25) is 0 Å². The fourth-order valence-corrected chi connectivity index (χ4v) is 2.21. The topological polar surface area (TPSA) is 55.1 Å². The molecule has 0 saturated heterocycles. The molecule has 2 rings (SSSR count). The molecule has 0 spiro atoms. The lowest BCUT2D eigenvalue weighted by atomic mass is 9.82. The molecule has 1 aliphatic rings. The highest BCUT2D eigenvalue weighted by atomic mass is 16.1. The summed E-state index contributed by atoms with van der Waals surface area (Å²) in [6.07, 6.45) is 2.42. The maximum Gasteiger partial charge on any atom is 0.161 e. The van der Waals surface area contributed by atoms with Crippen molar-refractivity contribution in [3.63, 3.8) is 0 Å². The Balaban J connectivity index is 2.10. The van der Waals surface area contributed by atoms with Crippen LogP contribution in [0.15, 0.2) is 18.2 Å². The molecule has 1 aromatic rings. The number of Topliss-reactive ketones (excluding diaryl/α,β-unsaturated/α-hetero) is 1. The number of nitrogens with one attached hydrogen (secondary N) is 1. The van der Waals surface area contributed by atoms with Gasteiger partial charge in [-0.3, -0.25) is 4.79 Å². The van der Waals surface area contributed by atoms with Gasteiger partial charge < -0.3 is 11.1 Å². The van der Waals surface area contributed by atoms with E-state index in [4.69, 9.17) is 5.73 Å². The maximum absolute atomic E-state index is 11.3. The Morgan fingerprint density at radius 1 is 1.44 bits per heavy atom. The maximum atomic E-state index is 11.3. The standard InChI is InChI=1S/C13H18N2O/c1-8-5-11(6-8)15-10-3-4-13(14)12(7-10)9(2)16/h3-4,7-8,11,15H,5-6,14H2,1-2H3. The van der Waals surface area contributed by atoms with Crippen molar-refractivity contribution in [1.82, 2.24) is 0 Å². The van der Waals surface area contributed by atoms with Crippen molar-refractivity contribution in [3.8, 4) is 0 Å². The summed E-state index contributed by atoms with van der Waals surface area (Å²) in [7, 11) is 0. The van der Waals surface area contributed by atoms with E-state index in [2.05, 4.69) is 12.2 Å². The molecule has 0 unspecified atom stereocenters. The van der Waals surface area contributed by atoms with Crippen LogP contribution < -0.4 is 11.1 Å². The first-order chi connectivity index (χ1) is 7.56. The number of anilines is 2. The van der Waals surface area contributed by atoms with Gasteiger partial charge in [0.25, 0.3) is 0 Å². The average molecular weight is 218 g/mol. The second-order valence-corrected chi connectivity index (χ2v) is 4.78. The summed E-state index contributed by atoms with van der Waals surface area (Å²) in [5, 5.41) is 3.42. The van der Waals surface area contributed by atoms with E-state index in [1.165, 1.54) is 12.8 Å². The summed E-state index contributed by atoms with van der Waals surface area (Å²) >= 11 is 0. The van der Waals surface area contributed by atoms with Gasteiger partial charge in [-0.2, -0.15) is 0 Å². The van der Waals surface area contributed by atoms with Crippen LogP contribution >= 0.6 is 0 Å². The largest absolute Gasteiger partial charge is 0.398 e. The van der Waals surface area contributed by atoms with E-state index in [0.29, 0.717) is 17.3 Å². The third-order valence-electron chi connectivity index (χ3n) is 3.18. The SMILES string of the molecule is CC(=O)c1cc(NC2CC(C)C2)ccc1N. The fraction of sp³-hybridized carbons (Fsp3) is 0.462. The van der Waals surface area contributed by atoms with E-state index in [1.807, 2.05) is 12.1 Å². The molecule has 1 aromatic carbocycles. The molecular weight excluding hydrogens is 200 g/mol. The van der Waals surface area contributed by atoms with Crippen LogP contribution in [-0.2, 0) is 0 Å². The van der Waals surface area contributed by atoms with E-state index < -0.39 is 0 Å². The summed E-state index contributed by atoms with van der Waals surface area (Å²) in [5.41, 5.74) is 7.90. The molecule has 0 aliphatic heterocycles. The summed E-state index contributed by atoms with van der Waals surface area (Å²) in [4.78, 5) is 11.3. The normalized spacial score (nSPS) is 23.6. The molecule has 1 saturated carbocycles. The minimum Gasteiger partial charge on any atom is -0.398 e. The lowest BCUT2D eigenvalue weighted by Gasteiger charge is -2.34. The first-order valence-electron chi connectivity index (χ1n) is 5.73. The van der Waals surface area contributed by atoms with Crippen LogP contribution in [0, 0.1) is 5.92 Å². The molecule has 0 aromatic heterocycles. The Labute approximate surface area is 96.0 Å². The van der Waals surface area contributed by atoms with Crippen LogP contribution in [0.5, 0.6) is 0 Å². The number of carbonyl (C=O) groups excluding carboxylic acids is 1. The van der Waals surface area contributed by atoms with Gasteiger partial charge in [0, 0.05) is 23.0 Å². The van der Waals surface area contributed by atoms with Gasteiger partial charge in [0.05, 0.1) is 0 Å². The molecule has 0 radical (unpaired) electrons. The first kappa shape index (κ1) is 11.0. The summed E-state index contributed by atoms with van der Waals surface area (Å²) in [5.74, 6) is 0.835. The zero-order valence-corrected chi connectivity index (χ0v) is 9.79. The Morgan fingerprint density at radius 3 is 2.69 bits per heavy atom. The summed E-state index contributed by atoms with van der Waals surface area (Å²) < 4.78 is 0. The second-order valence-electron chi connectivity index (χ2n) is 4.78. The smallest absolute Gasteiger partial charge is 0.161 e. The van der Waals surface area contributed by atoms with Gasteiger partial charge in [0.1, 0.15) is 0 Å². The minimum absolute atomic E-state index is 0.0168. The van der Waals surface area contributed by atoms with Crippen molar-refractivity contribution < 1.29 is 4.79 Å². The number of carbonyl (C=O) groups is 1. The Kier molecular flexibility index (Phi) is 2.86. The van der Waals surface area contributed by atoms with E-state index in [1.54, 1.807) is 13.0 Å². The van der Waals surface area contributed by atoms with Crippen molar-refractivity contribution in [1.29, 1.82) is 0 Å². The van der Waals surface area contributed by atoms with Gasteiger partial charge >= 0.3 is 0 Å². The molecular formula is C13H18N2O. The zero-order chi connectivity index (χ0) is 11.7. The van der Waals surface area contributed by atoms with Gasteiger partial charge in [-0.05, 0) is 43.9 Å². The molecule has 86 valence electrons. The number of hydrogen-bond donors (Lipinski definition) is 2. The number of hydrogen-bond acceptors (Lipinski definition) is 3. The molecule has 3 nitrogen and oxygen atoms in total. The molecule has 1 fully saturated rings. The summed E-state index contributed by atoms with van der Waals surface area (Å²) in [6.45, 7) is 3.79. The molecule has 1 aliphatic carbocycles. The number of rotatable bonds is 3. The van der Waals surface area contributed by atoms with Crippen LogP contribution in [0.25, 0.3) is 0 Å². The van der Waals surface area contributed by atoms with E-state index in [-0.39, 0.29) is 5.78 Å². The molecule has 0 amide bonds. The van der Waals surface area contributed by atoms with Gasteiger partial charge in [-0.25, -0.2) is 0 Å². The van der Waals surface area contributed by atoms with E-state index >= 15 is 0 Å². The fourth-order valence-electron chi connectivity index (χ4n) is 2.21. The molecule has 3 heteroatoms. The molecule has 0 bridgehead atoms. The highest BCUT2D eigenvalue weighted by Crippen LogP contribution is 2.30. The number of nitrogens with two attached hydrogens (primary N) is 1. The highest BCUT2D eigenvalue weighted by Gasteiger charge is 2.25. The van der Waals surface area contributed by atoms with Gasteiger partial charge in [-0.1, -0.05) is 6.92 Å². The molecule has 0 atom stereocenters. The van der Waals surface area contributed by atoms with Crippen molar-refractivity contribution in [3.05, 3.63) is 23.8 Å². The van der Waals surface area contributed by atoms with Gasteiger partial charge in [-0.15, -0.1) is 0 Å². The van der Waals surface area contributed by atoms with E-state index in [9.17, 15) is 4.79 Å². The quantitative estimate of drug-likeness (QED) is 0.605. The van der Waals surface area contributed by atoms with Crippen LogP contribution in [-0.4, -0.2) is 11.8 Å². The molecule has 3 N–H and O–H groups in total. The Bertz CT molecular complexity index is 408. The average Bonchev–Trinajstić information content (AvgIpc) is 2.18. The highest BCUT2D eigenvalue weighted by molar-refractivity contribution is 6.00. The summed E-state index contributed by atoms with van der Waals surface area (Å²) in [6, 6.07) is 6.13. The van der Waals surface area contributed by atoms with Crippen LogP contribution in [0.1, 0.15) is 37.0 Å². The monoisotopic (exact) mass is 218 g/mol. The van der Waals surface area contributed by atoms with Gasteiger partial charge in [0.2, 0.25) is 0 Å². The second kappa shape index (κ2) is 4.16.